The van der Waals surface area contributed by atoms with Gasteiger partial charge in [0.15, 0.2) is 0 Å². The summed E-state index contributed by atoms with van der Waals surface area (Å²) in [6, 6.07) is 4.82. The highest BCUT2D eigenvalue weighted by atomic mass is 32.1. The maximum Gasteiger partial charge on any atom is 0.0267 e. The summed E-state index contributed by atoms with van der Waals surface area (Å²) in [6.45, 7) is 2.41. The van der Waals surface area contributed by atoms with Gasteiger partial charge in [0.05, 0.1) is 0 Å². The summed E-state index contributed by atoms with van der Waals surface area (Å²) < 4.78 is 0. The lowest BCUT2D eigenvalue weighted by atomic mass is 9.69. The van der Waals surface area contributed by atoms with Gasteiger partial charge in [-0.15, -0.1) is 11.3 Å². The van der Waals surface area contributed by atoms with Gasteiger partial charge in [-0.3, -0.25) is 11.3 Å². The van der Waals surface area contributed by atoms with Crippen molar-refractivity contribution in [1.82, 2.24) is 5.43 Å². The summed E-state index contributed by atoms with van der Waals surface area (Å²) in [5, 5.41) is 2.16. The summed E-state index contributed by atoms with van der Waals surface area (Å²) in [5.41, 5.74) is 3.49. The molecule has 1 aromatic rings. The Morgan fingerprint density at radius 3 is 2.76 bits per heavy atom. The average molecular weight is 252 g/mol. The Hall–Kier alpha value is -0.380. The molecule has 0 bridgehead atoms. The molecule has 1 aliphatic carbocycles. The minimum absolute atomic E-state index is 0.407. The fourth-order valence-electron chi connectivity index (χ4n) is 3.08. The van der Waals surface area contributed by atoms with Crippen molar-refractivity contribution in [1.29, 1.82) is 0 Å². The summed E-state index contributed by atoms with van der Waals surface area (Å²) in [7, 11) is 0. The van der Waals surface area contributed by atoms with Crippen LogP contribution in [-0.4, -0.2) is 6.04 Å². The van der Waals surface area contributed by atoms with E-state index in [-0.39, 0.29) is 0 Å². The predicted octanol–water partition coefficient (Wildman–Crippen LogP) is 3.48. The van der Waals surface area contributed by atoms with E-state index in [0.29, 0.717) is 11.5 Å². The van der Waals surface area contributed by atoms with Crippen LogP contribution in [0.1, 0.15) is 50.3 Å². The molecule has 3 heteroatoms. The van der Waals surface area contributed by atoms with Crippen molar-refractivity contribution in [2.24, 2.45) is 11.3 Å². The maximum atomic E-state index is 5.78. The smallest absolute Gasteiger partial charge is 0.0267 e. The van der Waals surface area contributed by atoms with E-state index < -0.39 is 0 Å². The summed E-state index contributed by atoms with van der Waals surface area (Å²) in [6.07, 6.45) is 9.10. The number of nitrogens with two attached hydrogens (primary N) is 1. The molecule has 0 spiro atoms. The van der Waals surface area contributed by atoms with E-state index in [0.717, 1.165) is 12.8 Å². The Labute approximate surface area is 109 Å². The van der Waals surface area contributed by atoms with Crippen molar-refractivity contribution in [2.75, 3.05) is 0 Å². The Bertz CT molecular complexity index is 315. The van der Waals surface area contributed by atoms with Crippen LogP contribution >= 0.6 is 11.3 Å². The van der Waals surface area contributed by atoms with Gasteiger partial charge in [0.25, 0.3) is 0 Å². The Balaban J connectivity index is 1.91. The topological polar surface area (TPSA) is 38.0 Å². The molecule has 1 aromatic heterocycles. The van der Waals surface area contributed by atoms with Gasteiger partial charge in [-0.25, -0.2) is 0 Å². The van der Waals surface area contributed by atoms with Gasteiger partial charge in [0.2, 0.25) is 0 Å². The van der Waals surface area contributed by atoms with Crippen molar-refractivity contribution < 1.29 is 0 Å². The molecular weight excluding hydrogens is 228 g/mol. The molecule has 1 saturated carbocycles. The highest BCUT2D eigenvalue weighted by Gasteiger charge is 2.34. The van der Waals surface area contributed by atoms with Crippen molar-refractivity contribution >= 4 is 11.3 Å². The minimum Gasteiger partial charge on any atom is -0.271 e. The SMILES string of the molecule is CC1(C(CCc2cccs2)NN)CCCCC1. The molecule has 1 aliphatic rings. The van der Waals surface area contributed by atoms with Gasteiger partial charge in [0.1, 0.15) is 0 Å². The summed E-state index contributed by atoms with van der Waals surface area (Å²) in [4.78, 5) is 1.48. The molecule has 0 saturated heterocycles. The van der Waals surface area contributed by atoms with E-state index in [2.05, 4.69) is 29.9 Å². The van der Waals surface area contributed by atoms with Gasteiger partial charge >= 0.3 is 0 Å². The average Bonchev–Trinajstić information content (AvgIpc) is 2.83. The van der Waals surface area contributed by atoms with Crippen LogP contribution in [0.5, 0.6) is 0 Å². The number of rotatable bonds is 5. The molecule has 1 fully saturated rings. The van der Waals surface area contributed by atoms with Crippen LogP contribution in [0.25, 0.3) is 0 Å². The molecule has 17 heavy (non-hydrogen) atoms. The fraction of sp³-hybridized carbons (Fsp3) is 0.714. The second-order valence-corrected chi connectivity index (χ2v) is 6.58. The highest BCUT2D eigenvalue weighted by Crippen LogP contribution is 2.40. The van der Waals surface area contributed by atoms with Crippen LogP contribution in [0.2, 0.25) is 0 Å². The van der Waals surface area contributed by atoms with Gasteiger partial charge < -0.3 is 0 Å². The van der Waals surface area contributed by atoms with E-state index in [9.17, 15) is 0 Å². The molecule has 1 atom stereocenters. The molecule has 1 heterocycles. The number of hydrazine groups is 1. The molecule has 0 aromatic carbocycles. The molecule has 0 radical (unpaired) electrons. The van der Waals surface area contributed by atoms with E-state index >= 15 is 0 Å². The van der Waals surface area contributed by atoms with Crippen LogP contribution < -0.4 is 11.3 Å². The Kier molecular flexibility index (Phi) is 4.60. The van der Waals surface area contributed by atoms with Crippen molar-refractivity contribution in [3.8, 4) is 0 Å². The first-order valence-corrected chi connectivity index (χ1v) is 7.61. The first-order chi connectivity index (χ1) is 8.24. The molecular formula is C14H24N2S. The molecule has 2 rings (SSSR count). The molecule has 0 aliphatic heterocycles. The number of nitrogens with one attached hydrogen (secondary N) is 1. The Morgan fingerprint density at radius 1 is 1.41 bits per heavy atom. The predicted molar refractivity (Wildman–Crippen MR) is 74.9 cm³/mol. The van der Waals surface area contributed by atoms with Crippen molar-refractivity contribution in [3.63, 3.8) is 0 Å². The lowest BCUT2D eigenvalue weighted by Crippen LogP contribution is -2.48. The highest BCUT2D eigenvalue weighted by molar-refractivity contribution is 7.09. The fourth-order valence-corrected chi connectivity index (χ4v) is 3.81. The van der Waals surface area contributed by atoms with E-state index in [1.54, 1.807) is 0 Å². The molecule has 2 nitrogen and oxygen atoms in total. The third-order valence-electron chi connectivity index (χ3n) is 4.30. The second kappa shape index (κ2) is 5.98. The van der Waals surface area contributed by atoms with Gasteiger partial charge in [-0.1, -0.05) is 32.3 Å². The van der Waals surface area contributed by atoms with Crippen molar-refractivity contribution in [2.45, 2.75) is 57.9 Å². The number of hydrogen-bond donors (Lipinski definition) is 2. The zero-order valence-corrected chi connectivity index (χ0v) is 11.6. The lowest BCUT2D eigenvalue weighted by molar-refractivity contribution is 0.138. The molecule has 0 amide bonds. The third kappa shape index (κ3) is 3.30. The maximum absolute atomic E-state index is 5.78. The number of hydrogen-bond acceptors (Lipinski definition) is 3. The van der Waals surface area contributed by atoms with E-state index in [1.807, 2.05) is 11.3 Å². The van der Waals surface area contributed by atoms with Crippen molar-refractivity contribution in [3.05, 3.63) is 22.4 Å². The van der Waals surface area contributed by atoms with Crippen LogP contribution in [0, 0.1) is 5.41 Å². The quantitative estimate of drug-likeness (QED) is 0.622. The van der Waals surface area contributed by atoms with Crippen LogP contribution in [0.15, 0.2) is 17.5 Å². The zero-order chi connectivity index (χ0) is 12.1. The normalized spacial score (nSPS) is 21.3. The third-order valence-corrected chi connectivity index (χ3v) is 5.23. The van der Waals surface area contributed by atoms with Gasteiger partial charge in [-0.2, -0.15) is 0 Å². The van der Waals surface area contributed by atoms with Crippen LogP contribution in [0.3, 0.4) is 0 Å². The first-order valence-electron chi connectivity index (χ1n) is 6.73. The lowest BCUT2D eigenvalue weighted by Gasteiger charge is -2.40. The Morgan fingerprint density at radius 2 is 2.18 bits per heavy atom. The monoisotopic (exact) mass is 252 g/mol. The standard InChI is InChI=1S/C14H24N2S/c1-14(9-3-2-4-10-14)13(16-15)8-7-12-6-5-11-17-12/h5-6,11,13,16H,2-4,7-10,15H2,1H3. The number of aryl methyl sites for hydroxylation is 1. The second-order valence-electron chi connectivity index (χ2n) is 5.55. The summed E-state index contributed by atoms with van der Waals surface area (Å²) >= 11 is 1.85. The van der Waals surface area contributed by atoms with Crippen LogP contribution in [0.4, 0.5) is 0 Å². The first kappa shape index (κ1) is 13.1. The zero-order valence-electron chi connectivity index (χ0n) is 10.7. The van der Waals surface area contributed by atoms with Gasteiger partial charge in [-0.05, 0) is 42.5 Å². The molecule has 96 valence electrons. The van der Waals surface area contributed by atoms with E-state index in [4.69, 9.17) is 5.84 Å². The molecule has 1 unspecified atom stereocenters. The minimum atomic E-state index is 0.407. The largest absolute Gasteiger partial charge is 0.271 e. The molecule has 3 N–H and O–H groups in total. The van der Waals surface area contributed by atoms with Crippen LogP contribution in [-0.2, 0) is 6.42 Å². The number of thiophene rings is 1. The van der Waals surface area contributed by atoms with E-state index in [1.165, 1.54) is 37.0 Å². The van der Waals surface area contributed by atoms with Gasteiger partial charge in [0, 0.05) is 10.9 Å². The summed E-state index contributed by atoms with van der Waals surface area (Å²) in [5.74, 6) is 5.78.